The molecular weight excluding hydrogens is 1170 g/mol. The second-order valence-corrected chi connectivity index (χ2v) is 22.6. The first kappa shape index (κ1) is 72.6. The Labute approximate surface area is 508 Å². The van der Waals surface area contributed by atoms with Gasteiger partial charge < -0.3 is 135 Å². The Morgan fingerprint density at radius 3 is 1.15 bits per heavy atom. The highest BCUT2D eigenvalue weighted by atomic mass is 16.8. The number of hydrogen-bond acceptors (Lipinski definition) is 27. The summed E-state index contributed by atoms with van der Waals surface area (Å²) in [4.78, 5) is 64.1. The minimum atomic E-state index is -2.03. The molecule has 502 valence electrons. The van der Waals surface area contributed by atoms with Crippen LogP contribution in [0.5, 0.6) is 5.75 Å². The van der Waals surface area contributed by atoms with Crippen LogP contribution in [0.2, 0.25) is 0 Å². The number of aliphatic hydroxyl groups is 12. The number of benzene rings is 1. The van der Waals surface area contributed by atoms with Gasteiger partial charge >= 0.3 is 0 Å². The molecule has 1 aromatic rings. The topological polar surface area (TPSA) is 481 Å². The minimum Gasteiger partial charge on any atom is -0.494 e. The maximum absolute atomic E-state index is 13.9. The van der Waals surface area contributed by atoms with Crippen LogP contribution in [0, 0.1) is 0 Å². The van der Waals surface area contributed by atoms with Crippen molar-refractivity contribution in [2.24, 2.45) is 0 Å². The fourth-order valence-electron chi connectivity index (χ4n) is 11.4. The van der Waals surface area contributed by atoms with E-state index < -0.39 is 216 Å². The lowest BCUT2D eigenvalue weighted by Gasteiger charge is -2.51. The normalized spacial score (nSPS) is 37.7. The smallest absolute Gasteiger partial charge is 0.251 e. The number of rotatable bonds is 30. The van der Waals surface area contributed by atoms with Crippen LogP contribution < -0.4 is 31.3 Å². The zero-order valence-corrected chi connectivity index (χ0v) is 49.8. The number of nitrogens with one attached hydrogen (secondary N) is 5. The third-order valence-corrected chi connectivity index (χ3v) is 15.9. The lowest BCUT2D eigenvalue weighted by atomic mass is 9.93. The van der Waals surface area contributed by atoms with E-state index in [4.69, 9.17) is 47.4 Å². The second kappa shape index (κ2) is 34.8. The van der Waals surface area contributed by atoms with Crippen LogP contribution >= 0.6 is 0 Å². The molecule has 6 rings (SSSR count). The Hall–Kier alpha value is -4.47. The Kier molecular flexibility index (Phi) is 28.7. The molecule has 0 bridgehead atoms. The maximum atomic E-state index is 13.9. The van der Waals surface area contributed by atoms with Crippen LogP contribution in [0.3, 0.4) is 0 Å². The highest BCUT2D eigenvalue weighted by Gasteiger charge is 2.58. The number of amides is 5. The van der Waals surface area contributed by atoms with E-state index >= 15 is 0 Å². The van der Waals surface area contributed by atoms with Crippen molar-refractivity contribution in [3.05, 3.63) is 29.8 Å². The van der Waals surface area contributed by atoms with Gasteiger partial charge in [0.1, 0.15) is 128 Å². The zero-order valence-electron chi connectivity index (χ0n) is 49.8. The maximum Gasteiger partial charge on any atom is 0.251 e. The van der Waals surface area contributed by atoms with E-state index in [2.05, 4.69) is 33.5 Å². The summed E-state index contributed by atoms with van der Waals surface area (Å²) in [6, 6.07) is -2.10. The predicted octanol–water partition coefficient (Wildman–Crippen LogP) is -6.00. The summed E-state index contributed by atoms with van der Waals surface area (Å²) in [5, 5.41) is 145. The van der Waals surface area contributed by atoms with E-state index in [1.807, 2.05) is 0 Å². The van der Waals surface area contributed by atoms with Crippen LogP contribution in [0.4, 0.5) is 0 Å². The van der Waals surface area contributed by atoms with Gasteiger partial charge in [0.25, 0.3) is 5.91 Å². The van der Waals surface area contributed by atoms with Crippen molar-refractivity contribution < 1.29 is 133 Å². The molecule has 1 aromatic carbocycles. The third kappa shape index (κ3) is 18.8. The largest absolute Gasteiger partial charge is 0.494 e. The number of ether oxygens (including phenoxy) is 10. The van der Waals surface area contributed by atoms with E-state index in [0.717, 1.165) is 53.4 Å². The first-order chi connectivity index (χ1) is 42.0. The first-order valence-electron chi connectivity index (χ1n) is 29.8. The Balaban J connectivity index is 1.18. The summed E-state index contributed by atoms with van der Waals surface area (Å²) in [7, 11) is 0. The molecule has 5 fully saturated rings. The number of unbranched alkanes of at least 4 members (excludes halogenated alkanes) is 8. The van der Waals surface area contributed by atoms with Crippen molar-refractivity contribution in [3.63, 3.8) is 0 Å². The van der Waals surface area contributed by atoms with Crippen molar-refractivity contribution in [2.75, 3.05) is 39.6 Å². The van der Waals surface area contributed by atoms with Crippen molar-refractivity contribution >= 4 is 29.5 Å². The van der Waals surface area contributed by atoms with Gasteiger partial charge in [-0.1, -0.05) is 64.4 Å². The van der Waals surface area contributed by atoms with Gasteiger partial charge in [0, 0.05) is 33.3 Å². The van der Waals surface area contributed by atoms with Gasteiger partial charge in [0.15, 0.2) is 31.5 Å². The molecule has 0 aliphatic carbocycles. The van der Waals surface area contributed by atoms with Crippen LogP contribution in [0.15, 0.2) is 24.3 Å². The monoisotopic (exact) mass is 1270 g/mol. The summed E-state index contributed by atoms with van der Waals surface area (Å²) in [5.41, 5.74) is 0.0716. The highest BCUT2D eigenvalue weighted by Crippen LogP contribution is 2.36. The molecule has 32 heteroatoms. The molecule has 0 saturated carbocycles. The van der Waals surface area contributed by atoms with E-state index in [1.54, 1.807) is 12.1 Å². The summed E-state index contributed by atoms with van der Waals surface area (Å²) in [5.74, 6) is -3.50. The van der Waals surface area contributed by atoms with Crippen LogP contribution in [0.25, 0.3) is 0 Å². The number of aliphatic hydroxyl groups excluding tert-OH is 12. The van der Waals surface area contributed by atoms with E-state index in [9.17, 15) is 85.3 Å². The van der Waals surface area contributed by atoms with Crippen LogP contribution in [0.1, 0.15) is 103 Å². The average Bonchev–Trinajstić information content (AvgIpc) is 1.52. The standard InChI is InChI=1S/C56H91N5O27/c1-6-7-8-9-10-11-12-13-14-18-79-30-17-15-16-29(19-30)51(77)61-37-42(72)41(71)31(20-62)81-53(37)86-48-33(22-64)83-55(39(44(48)74)59-27(4)69)88-50-35(24-66)84-56(40(46(50)76)60-28(5)70)87-49-34(23-65)82-54(38(45(49)75)58-26(3)68)85-47-32(21-63)80-52(78)36(43(47)73)57-25(2)67/h15-17,19,31-50,52-56,62-66,71-76,78H,6-14,18,20-24H2,1-5H3,(H,57,67)(H,58,68)(H,59,69)(H,60,70)(H,61,77)/t31?,32?,33-,34-,35?,36-,37-,38?,39?,40-,41+,42?,43+,44?,45?,46+,47?,48+,49+,50?,52+,53-,54?,55?,56-/m0/s1. The Morgan fingerprint density at radius 2 is 0.761 bits per heavy atom. The van der Waals surface area contributed by atoms with Gasteiger partial charge in [-0.15, -0.1) is 0 Å². The van der Waals surface area contributed by atoms with Crippen molar-refractivity contribution in [2.45, 2.75) is 246 Å². The molecule has 5 heterocycles. The van der Waals surface area contributed by atoms with Gasteiger partial charge in [-0.25, -0.2) is 0 Å². The van der Waals surface area contributed by atoms with Crippen molar-refractivity contribution in [1.29, 1.82) is 0 Å². The van der Waals surface area contributed by atoms with E-state index in [-0.39, 0.29) is 5.56 Å². The predicted molar refractivity (Wildman–Crippen MR) is 297 cm³/mol. The quantitative estimate of drug-likeness (QED) is 0.0319. The number of carbonyl (C=O) groups excluding carboxylic acids is 5. The van der Waals surface area contributed by atoms with Gasteiger partial charge in [-0.05, 0) is 24.6 Å². The molecule has 5 saturated heterocycles. The van der Waals surface area contributed by atoms with Crippen molar-refractivity contribution in [1.82, 2.24) is 26.6 Å². The summed E-state index contributed by atoms with van der Waals surface area (Å²) < 4.78 is 59.9. The summed E-state index contributed by atoms with van der Waals surface area (Å²) in [6.45, 7) is 2.10. The first-order valence-corrected chi connectivity index (χ1v) is 29.8. The van der Waals surface area contributed by atoms with Gasteiger partial charge in [-0.3, -0.25) is 24.0 Å². The molecule has 88 heavy (non-hydrogen) atoms. The van der Waals surface area contributed by atoms with Gasteiger partial charge in [0.05, 0.1) is 39.6 Å². The van der Waals surface area contributed by atoms with Gasteiger partial charge in [-0.2, -0.15) is 0 Å². The molecule has 0 radical (unpaired) electrons. The Bertz CT molecular complexity index is 2350. The SMILES string of the molecule is CCCCCCCCCCCOc1cccc(C(=O)N[C@H]2C(O)[C@H](O)C(CO)O[C@H]2O[C@H]2C(O)C(NC(C)=O)C(OC3C(CO)O[C@@H](O[C@H]4C(O)C(NC(C)=O)C(OC5C(CO)O[C@@H](O)[C@@H](NC(C)=O)[C@H]5O)O[C@H]4CO)[C@@H](NC(C)=O)[C@H]3O)O[C@H]2CO)c1. The van der Waals surface area contributed by atoms with Crippen LogP contribution in [-0.2, 0) is 61.8 Å². The van der Waals surface area contributed by atoms with E-state index in [1.165, 1.54) is 44.2 Å². The van der Waals surface area contributed by atoms with Crippen molar-refractivity contribution in [3.8, 4) is 5.75 Å². The Morgan fingerprint density at radius 1 is 0.420 bits per heavy atom. The average molecular weight is 1270 g/mol. The zero-order chi connectivity index (χ0) is 64.5. The van der Waals surface area contributed by atoms with E-state index in [0.29, 0.717) is 12.4 Å². The molecule has 5 aliphatic heterocycles. The third-order valence-electron chi connectivity index (χ3n) is 15.9. The van der Waals surface area contributed by atoms with Gasteiger partial charge in [0.2, 0.25) is 23.6 Å². The molecule has 12 unspecified atom stereocenters. The molecule has 25 atom stereocenters. The minimum absolute atomic E-state index is 0.0716. The fraction of sp³-hybridized carbons (Fsp3) is 0.804. The molecule has 0 spiro atoms. The molecule has 17 N–H and O–H groups in total. The molecule has 0 aromatic heterocycles. The lowest BCUT2D eigenvalue weighted by molar-refractivity contribution is -0.367. The number of carbonyl (C=O) groups is 5. The molecular formula is C56H91N5O27. The summed E-state index contributed by atoms with van der Waals surface area (Å²) in [6.07, 6.45) is -25.8. The molecule has 32 nitrogen and oxygen atoms in total. The summed E-state index contributed by atoms with van der Waals surface area (Å²) >= 11 is 0. The number of hydrogen-bond donors (Lipinski definition) is 17. The molecule has 5 amide bonds. The van der Waals surface area contributed by atoms with Crippen LogP contribution in [-0.4, -0.2) is 284 Å². The lowest BCUT2D eigenvalue weighted by Crippen LogP contribution is -2.72. The highest BCUT2D eigenvalue weighted by molar-refractivity contribution is 5.94. The fourth-order valence-corrected chi connectivity index (χ4v) is 11.4. The molecule has 5 aliphatic rings. The second-order valence-electron chi connectivity index (χ2n) is 22.6.